The molecule has 0 saturated carbocycles. The van der Waals surface area contributed by atoms with E-state index in [2.05, 4.69) is 10.4 Å². The van der Waals surface area contributed by atoms with E-state index in [0.29, 0.717) is 6.42 Å². The monoisotopic (exact) mass is 397 g/mol. The van der Waals surface area contributed by atoms with Crippen LogP contribution < -0.4 is 5.32 Å². The van der Waals surface area contributed by atoms with Crippen molar-refractivity contribution in [1.82, 2.24) is 15.1 Å². The van der Waals surface area contributed by atoms with E-state index in [1.54, 1.807) is 12.1 Å². The van der Waals surface area contributed by atoms with Crippen LogP contribution in [0.15, 0.2) is 42.6 Å². The Morgan fingerprint density at radius 1 is 1.36 bits per heavy atom. The number of piperidine rings is 1. The number of carbonyl (C=O) groups excluding carboxylic acids is 1. The summed E-state index contributed by atoms with van der Waals surface area (Å²) < 4.78 is 15.5. The number of rotatable bonds is 5. The summed E-state index contributed by atoms with van der Waals surface area (Å²) in [6.07, 6.45) is 3.23. The van der Waals surface area contributed by atoms with Crippen molar-refractivity contribution < 1.29 is 9.18 Å². The Morgan fingerprint density at radius 3 is 2.96 bits per heavy atom. The molecule has 0 amide bonds. The SMILES string of the molecule is Cc1cnn(C)c1-c1ccc(C(=O)C[C@@H]2CNCC[C@H]2c2cccc(F)c2)s1. The summed E-state index contributed by atoms with van der Waals surface area (Å²) in [5.41, 5.74) is 3.16. The first kappa shape index (κ1) is 19.0. The van der Waals surface area contributed by atoms with E-state index in [1.165, 1.54) is 17.4 Å². The van der Waals surface area contributed by atoms with E-state index in [0.717, 1.165) is 46.1 Å². The van der Waals surface area contributed by atoms with Crippen molar-refractivity contribution in [3.05, 3.63) is 64.4 Å². The zero-order chi connectivity index (χ0) is 19.7. The number of nitrogens with one attached hydrogen (secondary N) is 1. The van der Waals surface area contributed by atoms with Crippen LogP contribution >= 0.6 is 11.3 Å². The number of hydrogen-bond acceptors (Lipinski definition) is 4. The second kappa shape index (κ2) is 7.97. The van der Waals surface area contributed by atoms with Crippen LogP contribution in [0.2, 0.25) is 0 Å². The molecule has 4 nitrogen and oxygen atoms in total. The largest absolute Gasteiger partial charge is 0.316 e. The van der Waals surface area contributed by atoms with Crippen molar-refractivity contribution in [3.63, 3.8) is 0 Å². The van der Waals surface area contributed by atoms with Crippen LogP contribution in [0.1, 0.15) is 39.6 Å². The van der Waals surface area contributed by atoms with Crippen molar-refractivity contribution >= 4 is 17.1 Å². The molecule has 3 heterocycles. The van der Waals surface area contributed by atoms with Crippen LogP contribution in [0.3, 0.4) is 0 Å². The molecule has 1 aromatic carbocycles. The van der Waals surface area contributed by atoms with E-state index >= 15 is 0 Å². The molecule has 0 bridgehead atoms. The van der Waals surface area contributed by atoms with Gasteiger partial charge in [-0.05, 0) is 73.7 Å². The highest BCUT2D eigenvalue weighted by Gasteiger charge is 2.29. The van der Waals surface area contributed by atoms with Gasteiger partial charge in [0.1, 0.15) is 5.82 Å². The fourth-order valence-corrected chi connectivity index (χ4v) is 5.26. The lowest BCUT2D eigenvalue weighted by Crippen LogP contribution is -2.36. The molecule has 2 atom stereocenters. The highest BCUT2D eigenvalue weighted by molar-refractivity contribution is 7.17. The van der Waals surface area contributed by atoms with E-state index < -0.39 is 0 Å². The Hall–Kier alpha value is -2.31. The summed E-state index contributed by atoms with van der Waals surface area (Å²) in [6.45, 7) is 3.71. The second-order valence-corrected chi connectivity index (χ2v) is 8.59. The molecule has 2 aromatic heterocycles. The smallest absolute Gasteiger partial charge is 0.173 e. The van der Waals surface area contributed by atoms with Gasteiger partial charge in [0.15, 0.2) is 5.78 Å². The summed E-state index contributed by atoms with van der Waals surface area (Å²) in [4.78, 5) is 14.8. The van der Waals surface area contributed by atoms with E-state index in [4.69, 9.17) is 0 Å². The zero-order valence-corrected chi connectivity index (χ0v) is 16.9. The van der Waals surface area contributed by atoms with Gasteiger partial charge in [0, 0.05) is 13.5 Å². The van der Waals surface area contributed by atoms with Crippen LogP contribution in [0.25, 0.3) is 10.6 Å². The van der Waals surface area contributed by atoms with Gasteiger partial charge in [-0.1, -0.05) is 12.1 Å². The number of thiophene rings is 1. The molecule has 6 heteroatoms. The number of halogens is 1. The van der Waals surface area contributed by atoms with Gasteiger partial charge < -0.3 is 5.32 Å². The quantitative estimate of drug-likeness (QED) is 0.642. The molecule has 4 rings (SSSR count). The van der Waals surface area contributed by atoms with Gasteiger partial charge in [-0.15, -0.1) is 11.3 Å². The summed E-state index contributed by atoms with van der Waals surface area (Å²) in [5.74, 6) is 0.327. The molecule has 1 fully saturated rings. The lowest BCUT2D eigenvalue weighted by Gasteiger charge is -2.32. The number of nitrogens with zero attached hydrogens (tertiary/aromatic N) is 2. The molecule has 1 aliphatic heterocycles. The average Bonchev–Trinajstić information content (AvgIpc) is 3.28. The van der Waals surface area contributed by atoms with Gasteiger partial charge in [-0.2, -0.15) is 5.10 Å². The molecule has 0 aliphatic carbocycles. The maximum Gasteiger partial charge on any atom is 0.173 e. The first-order chi connectivity index (χ1) is 13.5. The van der Waals surface area contributed by atoms with E-state index in [-0.39, 0.29) is 23.4 Å². The second-order valence-electron chi connectivity index (χ2n) is 7.51. The van der Waals surface area contributed by atoms with Gasteiger partial charge in [-0.3, -0.25) is 9.48 Å². The van der Waals surface area contributed by atoms with Crippen molar-refractivity contribution in [2.45, 2.75) is 25.7 Å². The predicted octanol–water partition coefficient (Wildman–Crippen LogP) is 4.56. The Balaban J connectivity index is 1.52. The maximum atomic E-state index is 13.7. The van der Waals surface area contributed by atoms with Crippen LogP contribution in [0, 0.1) is 18.7 Å². The third-order valence-corrected chi connectivity index (χ3v) is 6.70. The van der Waals surface area contributed by atoms with Crippen LogP contribution in [0.5, 0.6) is 0 Å². The Bertz CT molecular complexity index is 974. The summed E-state index contributed by atoms with van der Waals surface area (Å²) in [6, 6.07) is 10.7. The fraction of sp³-hybridized carbons (Fsp3) is 0.364. The lowest BCUT2D eigenvalue weighted by molar-refractivity contribution is 0.0950. The first-order valence-corrected chi connectivity index (χ1v) is 10.4. The van der Waals surface area contributed by atoms with Crippen LogP contribution in [0.4, 0.5) is 4.39 Å². The predicted molar refractivity (Wildman–Crippen MR) is 110 cm³/mol. The summed E-state index contributed by atoms with van der Waals surface area (Å²) in [5, 5.41) is 7.68. The van der Waals surface area contributed by atoms with E-state index in [1.807, 2.05) is 43.0 Å². The summed E-state index contributed by atoms with van der Waals surface area (Å²) >= 11 is 1.52. The number of carbonyl (C=O) groups is 1. The fourth-order valence-electron chi connectivity index (χ4n) is 4.17. The topological polar surface area (TPSA) is 46.9 Å². The number of aromatic nitrogens is 2. The number of aryl methyl sites for hydroxylation is 2. The normalized spacial score (nSPS) is 19.7. The molecule has 0 unspecified atom stereocenters. The molecule has 28 heavy (non-hydrogen) atoms. The van der Waals surface area contributed by atoms with Gasteiger partial charge in [-0.25, -0.2) is 4.39 Å². The number of Topliss-reactive ketones (excluding diaryl/α,β-unsaturated/α-hetero) is 1. The van der Waals surface area contributed by atoms with Gasteiger partial charge in [0.05, 0.1) is 21.6 Å². The van der Waals surface area contributed by atoms with Crippen molar-refractivity contribution in [1.29, 1.82) is 0 Å². The van der Waals surface area contributed by atoms with Crippen LogP contribution in [-0.4, -0.2) is 28.7 Å². The molecular formula is C22H24FN3OS. The lowest BCUT2D eigenvalue weighted by atomic mass is 9.78. The van der Waals surface area contributed by atoms with Gasteiger partial charge in [0.25, 0.3) is 0 Å². The van der Waals surface area contributed by atoms with Gasteiger partial charge in [0.2, 0.25) is 0 Å². The van der Waals surface area contributed by atoms with E-state index in [9.17, 15) is 9.18 Å². The average molecular weight is 398 g/mol. The molecule has 3 aromatic rings. The highest BCUT2D eigenvalue weighted by atomic mass is 32.1. The van der Waals surface area contributed by atoms with Crippen molar-refractivity contribution in [3.8, 4) is 10.6 Å². The molecule has 146 valence electrons. The molecule has 1 N–H and O–H groups in total. The zero-order valence-electron chi connectivity index (χ0n) is 16.1. The number of ketones is 1. The Kier molecular flexibility index (Phi) is 5.42. The molecule has 1 saturated heterocycles. The maximum absolute atomic E-state index is 13.7. The highest BCUT2D eigenvalue weighted by Crippen LogP contribution is 2.35. The summed E-state index contributed by atoms with van der Waals surface area (Å²) in [7, 11) is 1.92. The Morgan fingerprint density at radius 2 is 2.21 bits per heavy atom. The van der Waals surface area contributed by atoms with Crippen molar-refractivity contribution in [2.75, 3.05) is 13.1 Å². The molecular weight excluding hydrogens is 373 g/mol. The third kappa shape index (κ3) is 3.80. The standard InChI is InChI=1S/C22H24FN3OS/c1-14-12-25-26(2)22(14)21-7-6-20(28-21)19(27)11-16-13-24-9-8-18(16)15-4-3-5-17(23)10-15/h3-7,10,12,16,18,24H,8-9,11,13H2,1-2H3/t16-,18+/m1/s1. The third-order valence-electron chi connectivity index (χ3n) is 5.57. The molecule has 0 spiro atoms. The number of hydrogen-bond donors (Lipinski definition) is 1. The minimum absolute atomic E-state index is 0.158. The first-order valence-electron chi connectivity index (χ1n) is 9.61. The minimum atomic E-state index is -0.212. The Labute approximate surface area is 168 Å². The number of benzene rings is 1. The molecule has 0 radical (unpaired) electrons. The minimum Gasteiger partial charge on any atom is -0.316 e. The molecule has 1 aliphatic rings. The van der Waals surface area contributed by atoms with Crippen molar-refractivity contribution in [2.24, 2.45) is 13.0 Å². The van der Waals surface area contributed by atoms with Gasteiger partial charge >= 0.3 is 0 Å². The van der Waals surface area contributed by atoms with Crippen LogP contribution in [-0.2, 0) is 7.05 Å².